The van der Waals surface area contributed by atoms with Crippen LogP contribution in [0.4, 0.5) is 5.13 Å². The molecule has 0 bridgehead atoms. The summed E-state index contributed by atoms with van der Waals surface area (Å²) < 4.78 is 1.85. The minimum absolute atomic E-state index is 0.1000. The average Bonchev–Trinajstić information content (AvgIpc) is 3.03. The number of thioether (sulfide) groups is 1. The van der Waals surface area contributed by atoms with Crippen LogP contribution >= 0.6 is 23.1 Å². The van der Waals surface area contributed by atoms with Gasteiger partial charge in [-0.15, -0.1) is 21.5 Å². The number of amides is 1. The van der Waals surface area contributed by atoms with Crippen LogP contribution in [-0.4, -0.2) is 31.2 Å². The van der Waals surface area contributed by atoms with Crippen molar-refractivity contribution in [2.75, 3.05) is 11.1 Å². The standard InChI is InChI=1S/C12H11N5OS2/c1-8-6-19-11(13-8)14-10(18)7-20-12-16-15-9-4-2-3-5-17(9)12/h2-6H,7H2,1H3,(H,13,14,18). The van der Waals surface area contributed by atoms with Crippen LogP contribution in [0.25, 0.3) is 5.65 Å². The van der Waals surface area contributed by atoms with E-state index in [1.165, 1.54) is 23.1 Å². The Kier molecular flexibility index (Phi) is 3.66. The highest BCUT2D eigenvalue weighted by Gasteiger charge is 2.10. The summed E-state index contributed by atoms with van der Waals surface area (Å²) in [6.45, 7) is 1.89. The molecule has 0 saturated carbocycles. The quantitative estimate of drug-likeness (QED) is 0.748. The van der Waals surface area contributed by atoms with Crippen LogP contribution in [0.15, 0.2) is 34.9 Å². The highest BCUT2D eigenvalue weighted by Crippen LogP contribution is 2.18. The van der Waals surface area contributed by atoms with E-state index >= 15 is 0 Å². The van der Waals surface area contributed by atoms with Gasteiger partial charge in [0.15, 0.2) is 15.9 Å². The first kappa shape index (κ1) is 13.1. The highest BCUT2D eigenvalue weighted by molar-refractivity contribution is 7.99. The Labute approximate surface area is 123 Å². The third kappa shape index (κ3) is 2.81. The van der Waals surface area contributed by atoms with Gasteiger partial charge in [-0.1, -0.05) is 17.8 Å². The lowest BCUT2D eigenvalue weighted by Crippen LogP contribution is -2.14. The van der Waals surface area contributed by atoms with E-state index < -0.39 is 0 Å². The Morgan fingerprint density at radius 2 is 2.35 bits per heavy atom. The number of rotatable bonds is 4. The number of carbonyl (C=O) groups is 1. The zero-order chi connectivity index (χ0) is 13.9. The minimum atomic E-state index is -0.1000. The molecule has 0 spiro atoms. The minimum Gasteiger partial charge on any atom is -0.301 e. The van der Waals surface area contributed by atoms with Gasteiger partial charge in [0, 0.05) is 11.6 Å². The maximum absolute atomic E-state index is 11.8. The number of aryl methyl sites for hydroxylation is 1. The molecule has 3 aromatic heterocycles. The van der Waals surface area contributed by atoms with Gasteiger partial charge in [0.1, 0.15) is 0 Å². The molecule has 0 aliphatic rings. The van der Waals surface area contributed by atoms with Gasteiger partial charge in [-0.25, -0.2) is 4.98 Å². The Morgan fingerprint density at radius 1 is 1.45 bits per heavy atom. The molecule has 8 heteroatoms. The number of anilines is 1. The molecule has 0 aromatic carbocycles. The van der Waals surface area contributed by atoms with Crippen LogP contribution < -0.4 is 5.32 Å². The van der Waals surface area contributed by atoms with Gasteiger partial charge < -0.3 is 5.32 Å². The van der Waals surface area contributed by atoms with Crippen molar-refractivity contribution in [1.82, 2.24) is 19.6 Å². The van der Waals surface area contributed by atoms with Crippen molar-refractivity contribution in [1.29, 1.82) is 0 Å². The smallest absolute Gasteiger partial charge is 0.236 e. The van der Waals surface area contributed by atoms with Crippen LogP contribution in [0.3, 0.4) is 0 Å². The van der Waals surface area contributed by atoms with Gasteiger partial charge in [0.2, 0.25) is 5.91 Å². The Balaban J connectivity index is 1.63. The molecule has 3 aromatic rings. The molecule has 3 rings (SSSR count). The van der Waals surface area contributed by atoms with Crippen molar-refractivity contribution in [2.24, 2.45) is 0 Å². The normalized spacial score (nSPS) is 10.8. The average molecular weight is 305 g/mol. The van der Waals surface area contributed by atoms with E-state index in [1.807, 2.05) is 41.1 Å². The lowest BCUT2D eigenvalue weighted by molar-refractivity contribution is -0.113. The fourth-order valence-electron chi connectivity index (χ4n) is 1.61. The van der Waals surface area contributed by atoms with E-state index in [0.717, 1.165) is 11.3 Å². The second-order valence-corrected chi connectivity index (χ2v) is 5.84. The molecule has 1 amide bonds. The third-order valence-corrected chi connectivity index (χ3v) is 4.30. The van der Waals surface area contributed by atoms with Gasteiger partial charge >= 0.3 is 0 Å². The zero-order valence-corrected chi connectivity index (χ0v) is 12.2. The van der Waals surface area contributed by atoms with Crippen molar-refractivity contribution in [2.45, 2.75) is 12.1 Å². The lowest BCUT2D eigenvalue weighted by atomic mass is 10.5. The number of nitrogens with one attached hydrogen (secondary N) is 1. The van der Waals surface area contributed by atoms with Crippen molar-refractivity contribution in [3.8, 4) is 0 Å². The van der Waals surface area contributed by atoms with Gasteiger partial charge in [-0.2, -0.15) is 0 Å². The van der Waals surface area contributed by atoms with E-state index in [9.17, 15) is 4.79 Å². The molecule has 0 aliphatic carbocycles. The molecule has 3 heterocycles. The monoisotopic (exact) mass is 305 g/mol. The van der Waals surface area contributed by atoms with Crippen molar-refractivity contribution < 1.29 is 4.79 Å². The highest BCUT2D eigenvalue weighted by atomic mass is 32.2. The van der Waals surface area contributed by atoms with Crippen molar-refractivity contribution in [3.63, 3.8) is 0 Å². The van der Waals surface area contributed by atoms with Crippen LogP contribution in [-0.2, 0) is 4.79 Å². The third-order valence-electron chi connectivity index (χ3n) is 2.48. The number of thiazole rings is 1. The molecule has 0 fully saturated rings. The van der Waals surface area contributed by atoms with Crippen molar-refractivity contribution >= 4 is 39.8 Å². The molecule has 6 nitrogen and oxygen atoms in total. The van der Waals surface area contributed by atoms with Crippen LogP contribution in [0.5, 0.6) is 0 Å². The molecule has 0 atom stereocenters. The first-order chi connectivity index (χ1) is 9.72. The van der Waals surface area contributed by atoms with Crippen LogP contribution in [0.1, 0.15) is 5.69 Å². The molecule has 1 N–H and O–H groups in total. The maximum Gasteiger partial charge on any atom is 0.236 e. The summed E-state index contributed by atoms with van der Waals surface area (Å²) in [5.41, 5.74) is 1.67. The fourth-order valence-corrected chi connectivity index (χ4v) is 3.04. The molecule has 20 heavy (non-hydrogen) atoms. The lowest BCUT2D eigenvalue weighted by Gasteiger charge is -2.00. The van der Waals surface area contributed by atoms with E-state index in [2.05, 4.69) is 20.5 Å². The summed E-state index contributed by atoms with van der Waals surface area (Å²) in [6.07, 6.45) is 1.87. The summed E-state index contributed by atoms with van der Waals surface area (Å²) in [7, 11) is 0. The summed E-state index contributed by atoms with van der Waals surface area (Å²) in [6, 6.07) is 5.67. The molecular weight excluding hydrogens is 294 g/mol. The van der Waals surface area contributed by atoms with E-state index in [1.54, 1.807) is 0 Å². The summed E-state index contributed by atoms with van der Waals surface area (Å²) in [5.74, 6) is 0.172. The number of fused-ring (bicyclic) bond motifs is 1. The number of hydrogen-bond donors (Lipinski definition) is 1. The zero-order valence-electron chi connectivity index (χ0n) is 10.6. The van der Waals surface area contributed by atoms with Gasteiger partial charge in [-0.3, -0.25) is 9.20 Å². The molecule has 102 valence electrons. The van der Waals surface area contributed by atoms with Crippen molar-refractivity contribution in [3.05, 3.63) is 35.5 Å². The van der Waals surface area contributed by atoms with E-state index in [-0.39, 0.29) is 11.7 Å². The number of pyridine rings is 1. The largest absolute Gasteiger partial charge is 0.301 e. The summed E-state index contributed by atoms with van der Waals surface area (Å²) in [4.78, 5) is 16.0. The SMILES string of the molecule is Cc1csc(NC(=O)CSc2nnc3ccccn23)n1. The first-order valence-electron chi connectivity index (χ1n) is 5.87. The van der Waals surface area contributed by atoms with Gasteiger partial charge in [-0.05, 0) is 19.1 Å². The molecule has 0 radical (unpaired) electrons. The van der Waals surface area contributed by atoms with Crippen LogP contribution in [0.2, 0.25) is 0 Å². The summed E-state index contributed by atoms with van der Waals surface area (Å²) >= 11 is 2.76. The number of nitrogens with zero attached hydrogens (tertiary/aromatic N) is 4. The Hall–Kier alpha value is -1.93. The topological polar surface area (TPSA) is 72.2 Å². The molecule has 0 unspecified atom stereocenters. The predicted octanol–water partition coefficient (Wildman–Crippen LogP) is 2.23. The molecular formula is C12H11N5OS2. The first-order valence-corrected chi connectivity index (χ1v) is 7.73. The second kappa shape index (κ2) is 5.59. The van der Waals surface area contributed by atoms with Gasteiger partial charge in [0.05, 0.1) is 11.4 Å². The van der Waals surface area contributed by atoms with E-state index in [4.69, 9.17) is 0 Å². The second-order valence-electron chi connectivity index (χ2n) is 4.04. The van der Waals surface area contributed by atoms with Gasteiger partial charge in [0.25, 0.3) is 0 Å². The van der Waals surface area contributed by atoms with Crippen LogP contribution in [0, 0.1) is 6.92 Å². The number of carbonyl (C=O) groups excluding carboxylic acids is 1. The summed E-state index contributed by atoms with van der Waals surface area (Å²) in [5, 5.41) is 14.1. The Morgan fingerprint density at radius 3 is 3.15 bits per heavy atom. The number of aromatic nitrogens is 4. The molecule has 0 saturated heterocycles. The predicted molar refractivity (Wildman–Crippen MR) is 79.2 cm³/mol. The Bertz CT molecular complexity index is 751. The molecule has 0 aliphatic heterocycles. The fraction of sp³-hybridized carbons (Fsp3) is 0.167. The van der Waals surface area contributed by atoms with E-state index in [0.29, 0.717) is 10.3 Å². The number of hydrogen-bond acceptors (Lipinski definition) is 6. The maximum atomic E-state index is 11.8.